The molecule has 1 N–H and O–H groups in total. The van der Waals surface area contributed by atoms with Crippen molar-refractivity contribution < 1.29 is 0 Å². The number of hydrogen-bond acceptors (Lipinski definition) is 3. The average Bonchev–Trinajstić information content (AvgIpc) is 2.81. The third-order valence-electron chi connectivity index (χ3n) is 2.62. The summed E-state index contributed by atoms with van der Waals surface area (Å²) >= 11 is 0. The van der Waals surface area contributed by atoms with Gasteiger partial charge in [0.05, 0.1) is 29.9 Å². The van der Waals surface area contributed by atoms with Gasteiger partial charge in [0.25, 0.3) is 0 Å². The normalized spacial score (nSPS) is 10.7. The molecule has 0 aliphatic heterocycles. The maximum atomic E-state index is 4.38. The fourth-order valence-corrected chi connectivity index (χ4v) is 1.68. The summed E-state index contributed by atoms with van der Waals surface area (Å²) in [6, 6.07) is 0. The zero-order chi connectivity index (χ0) is 11.5. The average molecular weight is 219 g/mol. The molecule has 2 aromatic heterocycles. The third kappa shape index (κ3) is 2.08. The highest BCUT2D eigenvalue weighted by atomic mass is 15.3. The molecular weight excluding hydrogens is 202 g/mol. The number of rotatable bonds is 4. The van der Waals surface area contributed by atoms with Gasteiger partial charge in [-0.3, -0.25) is 4.68 Å². The number of nitrogens with zero attached hydrogens (tertiary/aromatic N) is 4. The van der Waals surface area contributed by atoms with Gasteiger partial charge in [-0.15, -0.1) is 0 Å². The van der Waals surface area contributed by atoms with E-state index in [2.05, 4.69) is 22.3 Å². The van der Waals surface area contributed by atoms with Gasteiger partial charge in [0.1, 0.15) is 0 Å². The van der Waals surface area contributed by atoms with Gasteiger partial charge < -0.3 is 9.88 Å². The summed E-state index contributed by atoms with van der Waals surface area (Å²) in [5.41, 5.74) is 3.36. The molecule has 16 heavy (non-hydrogen) atoms. The molecule has 0 amide bonds. The Bertz CT molecular complexity index is 468. The van der Waals surface area contributed by atoms with Gasteiger partial charge in [0.15, 0.2) is 0 Å². The minimum atomic E-state index is 0.773. The molecule has 0 aliphatic carbocycles. The molecule has 5 nitrogen and oxygen atoms in total. The van der Waals surface area contributed by atoms with Crippen molar-refractivity contribution in [2.45, 2.75) is 19.9 Å². The molecule has 0 atom stereocenters. The van der Waals surface area contributed by atoms with E-state index in [9.17, 15) is 0 Å². The largest absolute Gasteiger partial charge is 0.377 e. The Morgan fingerprint density at radius 2 is 2.19 bits per heavy atom. The monoisotopic (exact) mass is 219 g/mol. The van der Waals surface area contributed by atoms with Crippen LogP contribution in [-0.4, -0.2) is 19.3 Å². The smallest absolute Gasteiger partial charge is 0.0946 e. The molecule has 2 aromatic rings. The summed E-state index contributed by atoms with van der Waals surface area (Å²) in [5, 5.41) is 7.77. The van der Waals surface area contributed by atoms with Crippen molar-refractivity contribution in [1.82, 2.24) is 19.3 Å². The van der Waals surface area contributed by atoms with Crippen LogP contribution in [0.5, 0.6) is 0 Å². The summed E-state index contributed by atoms with van der Waals surface area (Å²) in [6.07, 6.45) is 6.62. The molecule has 2 heterocycles. The van der Waals surface area contributed by atoms with Crippen molar-refractivity contribution in [2.24, 2.45) is 14.1 Å². The third-order valence-corrected chi connectivity index (χ3v) is 2.62. The van der Waals surface area contributed by atoms with Crippen LogP contribution in [0.4, 0.5) is 5.69 Å². The van der Waals surface area contributed by atoms with Crippen LogP contribution in [0.25, 0.3) is 0 Å². The predicted octanol–water partition coefficient (Wildman–Crippen LogP) is 1.33. The van der Waals surface area contributed by atoms with Crippen LogP contribution >= 0.6 is 0 Å². The summed E-state index contributed by atoms with van der Waals surface area (Å²) in [5.74, 6) is 0. The molecule has 0 aromatic carbocycles. The predicted molar refractivity (Wildman–Crippen MR) is 63.1 cm³/mol. The highest BCUT2D eigenvalue weighted by Gasteiger charge is 2.05. The van der Waals surface area contributed by atoms with Crippen LogP contribution in [-0.2, 0) is 27.1 Å². The Kier molecular flexibility index (Phi) is 2.94. The first-order valence-corrected chi connectivity index (χ1v) is 5.42. The van der Waals surface area contributed by atoms with Gasteiger partial charge in [0, 0.05) is 26.5 Å². The number of nitrogens with one attached hydrogen (secondary N) is 1. The van der Waals surface area contributed by atoms with E-state index in [1.165, 1.54) is 0 Å². The van der Waals surface area contributed by atoms with Gasteiger partial charge in [-0.1, -0.05) is 6.92 Å². The van der Waals surface area contributed by atoms with Crippen LogP contribution in [0.15, 0.2) is 18.7 Å². The maximum absolute atomic E-state index is 4.38. The van der Waals surface area contributed by atoms with Crippen LogP contribution in [0.1, 0.15) is 18.3 Å². The molecule has 0 saturated carbocycles. The Morgan fingerprint density at radius 3 is 2.81 bits per heavy atom. The number of anilines is 1. The fraction of sp³-hybridized carbons (Fsp3) is 0.455. The van der Waals surface area contributed by atoms with Crippen molar-refractivity contribution in [3.05, 3.63) is 30.1 Å². The Labute approximate surface area is 95.1 Å². The van der Waals surface area contributed by atoms with E-state index in [0.29, 0.717) is 0 Å². The van der Waals surface area contributed by atoms with E-state index in [1.54, 1.807) is 6.33 Å². The van der Waals surface area contributed by atoms with E-state index in [1.807, 2.05) is 35.7 Å². The van der Waals surface area contributed by atoms with Crippen LogP contribution in [0, 0.1) is 0 Å². The van der Waals surface area contributed by atoms with E-state index in [0.717, 1.165) is 30.0 Å². The van der Waals surface area contributed by atoms with E-state index in [-0.39, 0.29) is 0 Å². The Balaban J connectivity index is 2.07. The van der Waals surface area contributed by atoms with Gasteiger partial charge in [0.2, 0.25) is 0 Å². The van der Waals surface area contributed by atoms with Crippen molar-refractivity contribution in [2.75, 3.05) is 5.32 Å². The van der Waals surface area contributed by atoms with Crippen molar-refractivity contribution in [3.63, 3.8) is 0 Å². The zero-order valence-corrected chi connectivity index (χ0v) is 9.94. The SMILES string of the molecule is CCc1nn(C)cc1NCc1cncn1C. The quantitative estimate of drug-likeness (QED) is 0.844. The second kappa shape index (κ2) is 4.38. The standard InChI is InChI=1S/C11H17N5/c1-4-10-11(7-16(3)14-10)13-6-9-5-12-8-15(9)2/h5,7-8,13H,4,6H2,1-3H3. The van der Waals surface area contributed by atoms with Crippen molar-refractivity contribution in [1.29, 1.82) is 0 Å². The minimum absolute atomic E-state index is 0.773. The maximum Gasteiger partial charge on any atom is 0.0946 e. The lowest BCUT2D eigenvalue weighted by Gasteiger charge is -2.05. The molecule has 0 aliphatic rings. The number of hydrogen-bond donors (Lipinski definition) is 1. The van der Waals surface area contributed by atoms with Crippen LogP contribution in [0.3, 0.4) is 0 Å². The van der Waals surface area contributed by atoms with Crippen LogP contribution in [0.2, 0.25) is 0 Å². The molecule has 0 bridgehead atoms. The number of aryl methyl sites for hydroxylation is 3. The number of aromatic nitrogens is 4. The van der Waals surface area contributed by atoms with E-state index >= 15 is 0 Å². The molecule has 2 rings (SSSR count). The molecule has 0 fully saturated rings. The molecular formula is C11H17N5. The first-order valence-electron chi connectivity index (χ1n) is 5.42. The first kappa shape index (κ1) is 10.7. The van der Waals surface area contributed by atoms with E-state index in [4.69, 9.17) is 0 Å². The van der Waals surface area contributed by atoms with Gasteiger partial charge in [-0.2, -0.15) is 5.10 Å². The fourth-order valence-electron chi connectivity index (χ4n) is 1.68. The van der Waals surface area contributed by atoms with E-state index < -0.39 is 0 Å². The van der Waals surface area contributed by atoms with Crippen LogP contribution < -0.4 is 5.32 Å². The summed E-state index contributed by atoms with van der Waals surface area (Å²) in [4.78, 5) is 4.08. The van der Waals surface area contributed by atoms with Crippen molar-refractivity contribution in [3.8, 4) is 0 Å². The summed E-state index contributed by atoms with van der Waals surface area (Å²) < 4.78 is 3.85. The molecule has 0 radical (unpaired) electrons. The van der Waals surface area contributed by atoms with Crippen molar-refractivity contribution >= 4 is 5.69 Å². The minimum Gasteiger partial charge on any atom is -0.377 e. The summed E-state index contributed by atoms with van der Waals surface area (Å²) in [7, 11) is 3.93. The second-order valence-electron chi connectivity index (χ2n) is 3.87. The second-order valence-corrected chi connectivity index (χ2v) is 3.87. The summed E-state index contributed by atoms with van der Waals surface area (Å²) in [6.45, 7) is 2.88. The first-order chi connectivity index (χ1) is 7.70. The van der Waals surface area contributed by atoms with Gasteiger partial charge >= 0.3 is 0 Å². The van der Waals surface area contributed by atoms with Gasteiger partial charge in [-0.25, -0.2) is 4.98 Å². The molecule has 0 saturated heterocycles. The molecule has 0 unspecified atom stereocenters. The lowest BCUT2D eigenvalue weighted by Crippen LogP contribution is -2.04. The molecule has 0 spiro atoms. The zero-order valence-electron chi connectivity index (χ0n) is 9.94. The lowest BCUT2D eigenvalue weighted by molar-refractivity contribution is 0.746. The Hall–Kier alpha value is -1.78. The Morgan fingerprint density at radius 1 is 1.38 bits per heavy atom. The highest BCUT2D eigenvalue weighted by molar-refractivity contribution is 5.46. The number of imidazole rings is 1. The topological polar surface area (TPSA) is 47.7 Å². The highest BCUT2D eigenvalue weighted by Crippen LogP contribution is 2.14. The molecule has 86 valence electrons. The van der Waals surface area contributed by atoms with Gasteiger partial charge in [-0.05, 0) is 6.42 Å². The lowest BCUT2D eigenvalue weighted by atomic mass is 10.3. The molecule has 5 heteroatoms.